The van der Waals surface area contributed by atoms with Crippen LogP contribution < -0.4 is 10.9 Å². The molecule has 1 aromatic carbocycles. The zero-order valence-corrected chi connectivity index (χ0v) is 10.7. The standard InChI is InChI=1S/C14H18N2O2/c1-3-18-9-10(2)15-13-8-11-6-4-5-7-12(11)14(17)16-13/h4-8,10H,3,9H2,1-2H3,(H2,15,16,17). The molecule has 2 aromatic rings. The molecule has 0 spiro atoms. The van der Waals surface area contributed by atoms with E-state index in [1.54, 1.807) is 0 Å². The van der Waals surface area contributed by atoms with E-state index in [0.717, 1.165) is 11.2 Å². The highest BCUT2D eigenvalue weighted by atomic mass is 16.5. The van der Waals surface area contributed by atoms with Gasteiger partial charge < -0.3 is 15.0 Å². The first-order chi connectivity index (χ1) is 8.70. The molecule has 1 heterocycles. The van der Waals surface area contributed by atoms with Gasteiger partial charge in [0.05, 0.1) is 6.61 Å². The van der Waals surface area contributed by atoms with Gasteiger partial charge in [0.15, 0.2) is 0 Å². The van der Waals surface area contributed by atoms with Crippen LogP contribution in [0.3, 0.4) is 0 Å². The van der Waals surface area contributed by atoms with Gasteiger partial charge in [0.1, 0.15) is 5.82 Å². The van der Waals surface area contributed by atoms with Gasteiger partial charge in [0.25, 0.3) is 5.56 Å². The summed E-state index contributed by atoms with van der Waals surface area (Å²) in [6.45, 7) is 5.29. The first kappa shape index (κ1) is 12.6. The number of pyridine rings is 1. The maximum absolute atomic E-state index is 11.9. The van der Waals surface area contributed by atoms with E-state index in [1.807, 2.05) is 44.2 Å². The van der Waals surface area contributed by atoms with Crippen molar-refractivity contribution in [2.45, 2.75) is 19.9 Å². The van der Waals surface area contributed by atoms with E-state index in [-0.39, 0.29) is 11.6 Å². The molecule has 4 nitrogen and oxygen atoms in total. The summed E-state index contributed by atoms with van der Waals surface area (Å²) < 4.78 is 5.33. The third-order valence-electron chi connectivity index (χ3n) is 2.73. The van der Waals surface area contributed by atoms with Crippen LogP contribution in [-0.4, -0.2) is 24.2 Å². The van der Waals surface area contributed by atoms with Crippen LogP contribution in [0.15, 0.2) is 35.1 Å². The van der Waals surface area contributed by atoms with Gasteiger partial charge in [0.2, 0.25) is 0 Å². The fourth-order valence-corrected chi connectivity index (χ4v) is 1.89. The van der Waals surface area contributed by atoms with Crippen LogP contribution in [0.1, 0.15) is 13.8 Å². The number of hydrogen-bond acceptors (Lipinski definition) is 3. The van der Waals surface area contributed by atoms with Crippen molar-refractivity contribution in [1.29, 1.82) is 0 Å². The minimum absolute atomic E-state index is 0.0702. The summed E-state index contributed by atoms with van der Waals surface area (Å²) in [7, 11) is 0. The third-order valence-corrected chi connectivity index (χ3v) is 2.73. The Morgan fingerprint density at radius 1 is 1.39 bits per heavy atom. The number of hydrogen-bond donors (Lipinski definition) is 2. The van der Waals surface area contributed by atoms with Crippen LogP contribution in [0.4, 0.5) is 5.82 Å². The number of benzene rings is 1. The molecule has 0 aliphatic heterocycles. The van der Waals surface area contributed by atoms with Crippen LogP contribution in [0.5, 0.6) is 0 Å². The van der Waals surface area contributed by atoms with Gasteiger partial charge in [0, 0.05) is 18.0 Å². The summed E-state index contributed by atoms with van der Waals surface area (Å²) in [4.78, 5) is 14.7. The summed E-state index contributed by atoms with van der Waals surface area (Å²) >= 11 is 0. The molecule has 18 heavy (non-hydrogen) atoms. The van der Waals surface area contributed by atoms with Crippen LogP contribution in [0.2, 0.25) is 0 Å². The van der Waals surface area contributed by atoms with E-state index >= 15 is 0 Å². The summed E-state index contributed by atoms with van der Waals surface area (Å²) in [5.74, 6) is 0.728. The third kappa shape index (κ3) is 2.90. The van der Waals surface area contributed by atoms with Crippen molar-refractivity contribution in [2.24, 2.45) is 0 Å². The van der Waals surface area contributed by atoms with Gasteiger partial charge in [-0.1, -0.05) is 18.2 Å². The van der Waals surface area contributed by atoms with E-state index in [2.05, 4.69) is 10.3 Å². The molecule has 96 valence electrons. The van der Waals surface area contributed by atoms with Crippen molar-refractivity contribution in [2.75, 3.05) is 18.5 Å². The Morgan fingerprint density at radius 3 is 2.94 bits per heavy atom. The Labute approximate surface area is 106 Å². The number of nitrogens with one attached hydrogen (secondary N) is 2. The lowest BCUT2D eigenvalue weighted by atomic mass is 10.2. The second-order valence-electron chi connectivity index (χ2n) is 4.30. The van der Waals surface area contributed by atoms with Crippen molar-refractivity contribution in [3.63, 3.8) is 0 Å². The maximum Gasteiger partial charge on any atom is 0.257 e. The molecule has 1 aromatic heterocycles. The van der Waals surface area contributed by atoms with Gasteiger partial charge in [-0.2, -0.15) is 0 Å². The Kier molecular flexibility index (Phi) is 3.99. The lowest BCUT2D eigenvalue weighted by molar-refractivity contribution is 0.141. The van der Waals surface area contributed by atoms with E-state index < -0.39 is 0 Å². The number of aromatic amines is 1. The molecule has 0 radical (unpaired) electrons. The van der Waals surface area contributed by atoms with Gasteiger partial charge in [-0.05, 0) is 31.4 Å². The number of fused-ring (bicyclic) bond motifs is 1. The molecular formula is C14H18N2O2. The van der Waals surface area contributed by atoms with Crippen molar-refractivity contribution >= 4 is 16.6 Å². The molecule has 1 unspecified atom stereocenters. The van der Waals surface area contributed by atoms with E-state index in [1.165, 1.54) is 0 Å². The molecule has 2 N–H and O–H groups in total. The van der Waals surface area contributed by atoms with E-state index in [0.29, 0.717) is 18.6 Å². The average molecular weight is 246 g/mol. The molecule has 4 heteroatoms. The maximum atomic E-state index is 11.9. The molecule has 0 saturated heterocycles. The second kappa shape index (κ2) is 5.69. The Morgan fingerprint density at radius 2 is 2.17 bits per heavy atom. The van der Waals surface area contributed by atoms with Crippen molar-refractivity contribution in [3.05, 3.63) is 40.7 Å². The minimum Gasteiger partial charge on any atom is -0.380 e. The summed E-state index contributed by atoms with van der Waals surface area (Å²) in [6, 6.07) is 9.64. The highest BCUT2D eigenvalue weighted by molar-refractivity contribution is 5.83. The van der Waals surface area contributed by atoms with Gasteiger partial charge in [-0.3, -0.25) is 4.79 Å². The molecular weight excluding hydrogens is 228 g/mol. The number of H-pyrrole nitrogens is 1. The molecule has 0 bridgehead atoms. The monoisotopic (exact) mass is 246 g/mol. The fraction of sp³-hybridized carbons (Fsp3) is 0.357. The molecule has 0 amide bonds. The quantitative estimate of drug-likeness (QED) is 0.851. The highest BCUT2D eigenvalue weighted by Gasteiger charge is 2.05. The molecule has 0 saturated carbocycles. The lowest BCUT2D eigenvalue weighted by Crippen LogP contribution is -2.23. The Bertz CT molecular complexity index is 577. The van der Waals surface area contributed by atoms with E-state index in [9.17, 15) is 4.79 Å². The summed E-state index contributed by atoms with van der Waals surface area (Å²) in [6.07, 6.45) is 0. The van der Waals surface area contributed by atoms with Crippen LogP contribution >= 0.6 is 0 Å². The van der Waals surface area contributed by atoms with E-state index in [4.69, 9.17) is 4.74 Å². The van der Waals surface area contributed by atoms with Crippen molar-refractivity contribution in [3.8, 4) is 0 Å². The van der Waals surface area contributed by atoms with Crippen LogP contribution in [0.25, 0.3) is 10.8 Å². The average Bonchev–Trinajstić information content (AvgIpc) is 2.36. The lowest BCUT2D eigenvalue weighted by Gasteiger charge is -2.15. The zero-order valence-electron chi connectivity index (χ0n) is 10.7. The molecule has 0 aliphatic rings. The molecule has 0 fully saturated rings. The highest BCUT2D eigenvalue weighted by Crippen LogP contribution is 2.13. The first-order valence-corrected chi connectivity index (χ1v) is 6.17. The predicted molar refractivity (Wildman–Crippen MR) is 74.1 cm³/mol. The Balaban J connectivity index is 2.22. The number of ether oxygens (including phenoxy) is 1. The topological polar surface area (TPSA) is 54.1 Å². The minimum atomic E-state index is -0.0702. The smallest absolute Gasteiger partial charge is 0.257 e. The molecule has 2 rings (SSSR count). The molecule has 1 atom stereocenters. The first-order valence-electron chi connectivity index (χ1n) is 6.17. The van der Waals surface area contributed by atoms with Crippen molar-refractivity contribution in [1.82, 2.24) is 4.98 Å². The van der Waals surface area contributed by atoms with Gasteiger partial charge in [-0.15, -0.1) is 0 Å². The van der Waals surface area contributed by atoms with Crippen LogP contribution in [0, 0.1) is 0 Å². The van der Waals surface area contributed by atoms with Gasteiger partial charge in [-0.25, -0.2) is 0 Å². The normalized spacial score (nSPS) is 12.6. The molecule has 0 aliphatic carbocycles. The zero-order chi connectivity index (χ0) is 13.0. The van der Waals surface area contributed by atoms with Crippen LogP contribution in [-0.2, 0) is 4.74 Å². The SMILES string of the molecule is CCOCC(C)Nc1cc2ccccc2c(=O)[nH]1. The number of anilines is 1. The largest absolute Gasteiger partial charge is 0.380 e. The number of rotatable bonds is 5. The summed E-state index contributed by atoms with van der Waals surface area (Å²) in [5, 5.41) is 4.88. The Hall–Kier alpha value is -1.81. The number of aromatic nitrogens is 1. The second-order valence-corrected chi connectivity index (χ2v) is 4.30. The fourth-order valence-electron chi connectivity index (χ4n) is 1.89. The van der Waals surface area contributed by atoms with Crippen molar-refractivity contribution < 1.29 is 4.74 Å². The summed E-state index contributed by atoms with van der Waals surface area (Å²) in [5.41, 5.74) is -0.0702. The predicted octanol–water partition coefficient (Wildman–Crippen LogP) is 2.37. The van der Waals surface area contributed by atoms with Gasteiger partial charge >= 0.3 is 0 Å².